The fourth-order valence-electron chi connectivity index (χ4n) is 2.59. The highest BCUT2D eigenvalue weighted by Crippen LogP contribution is 2.25. The fourth-order valence-corrected chi connectivity index (χ4v) is 2.78. The SMILES string of the molecule is CC(=NNC(=O)c1ccc(Cl)c([N+](=O)[O-])c1)c1ccc(-c2ccccc2)cc1. The van der Waals surface area contributed by atoms with Crippen molar-refractivity contribution in [3.63, 3.8) is 0 Å². The van der Waals surface area contributed by atoms with E-state index in [2.05, 4.69) is 10.5 Å². The molecule has 6 nitrogen and oxygen atoms in total. The normalized spacial score (nSPS) is 11.1. The molecule has 0 aliphatic rings. The smallest absolute Gasteiger partial charge is 0.267 e. The summed E-state index contributed by atoms with van der Waals surface area (Å²) in [4.78, 5) is 22.5. The van der Waals surface area contributed by atoms with Gasteiger partial charge >= 0.3 is 0 Å². The van der Waals surface area contributed by atoms with Crippen LogP contribution in [0.3, 0.4) is 0 Å². The lowest BCUT2D eigenvalue weighted by Crippen LogP contribution is -2.19. The van der Waals surface area contributed by atoms with Gasteiger partial charge in [0, 0.05) is 11.6 Å². The zero-order chi connectivity index (χ0) is 20.1. The zero-order valence-corrected chi connectivity index (χ0v) is 15.7. The van der Waals surface area contributed by atoms with Crippen LogP contribution in [0, 0.1) is 10.1 Å². The third-order valence-corrected chi connectivity index (χ3v) is 4.46. The first-order valence-electron chi connectivity index (χ1n) is 8.40. The maximum absolute atomic E-state index is 12.2. The molecule has 0 unspecified atom stereocenters. The van der Waals surface area contributed by atoms with Crippen molar-refractivity contribution in [2.45, 2.75) is 6.92 Å². The van der Waals surface area contributed by atoms with E-state index in [0.717, 1.165) is 22.8 Å². The van der Waals surface area contributed by atoms with Crippen LogP contribution in [0.4, 0.5) is 5.69 Å². The summed E-state index contributed by atoms with van der Waals surface area (Å²) in [6.07, 6.45) is 0. The Balaban J connectivity index is 1.73. The summed E-state index contributed by atoms with van der Waals surface area (Å²) < 4.78 is 0. The third-order valence-electron chi connectivity index (χ3n) is 4.14. The molecule has 140 valence electrons. The predicted octanol–water partition coefficient (Wildman–Crippen LogP) is 5.07. The first-order chi connectivity index (χ1) is 13.5. The van der Waals surface area contributed by atoms with E-state index in [4.69, 9.17) is 11.6 Å². The van der Waals surface area contributed by atoms with Crippen molar-refractivity contribution < 1.29 is 9.72 Å². The van der Waals surface area contributed by atoms with Crippen molar-refractivity contribution in [1.29, 1.82) is 0 Å². The van der Waals surface area contributed by atoms with Gasteiger partial charge in [-0.05, 0) is 35.7 Å². The lowest BCUT2D eigenvalue weighted by atomic mass is 10.0. The molecule has 0 aliphatic carbocycles. The fraction of sp³-hybridized carbons (Fsp3) is 0.0476. The molecule has 0 atom stereocenters. The van der Waals surface area contributed by atoms with Gasteiger partial charge in [-0.1, -0.05) is 66.2 Å². The van der Waals surface area contributed by atoms with E-state index in [1.165, 1.54) is 12.1 Å². The van der Waals surface area contributed by atoms with Crippen molar-refractivity contribution in [1.82, 2.24) is 5.43 Å². The highest BCUT2D eigenvalue weighted by Gasteiger charge is 2.16. The van der Waals surface area contributed by atoms with E-state index < -0.39 is 10.8 Å². The van der Waals surface area contributed by atoms with Gasteiger partial charge in [0.2, 0.25) is 0 Å². The Morgan fingerprint density at radius 2 is 1.57 bits per heavy atom. The third kappa shape index (κ3) is 4.42. The molecule has 0 saturated carbocycles. The van der Waals surface area contributed by atoms with E-state index in [9.17, 15) is 14.9 Å². The summed E-state index contributed by atoms with van der Waals surface area (Å²) in [7, 11) is 0. The molecule has 0 radical (unpaired) electrons. The van der Waals surface area contributed by atoms with Gasteiger partial charge in [-0.2, -0.15) is 5.10 Å². The summed E-state index contributed by atoms with van der Waals surface area (Å²) >= 11 is 5.76. The Bertz CT molecular complexity index is 1050. The zero-order valence-electron chi connectivity index (χ0n) is 14.9. The van der Waals surface area contributed by atoms with Crippen molar-refractivity contribution in [3.8, 4) is 11.1 Å². The number of rotatable bonds is 5. The predicted molar refractivity (Wildman–Crippen MR) is 110 cm³/mol. The Hall–Kier alpha value is -3.51. The topological polar surface area (TPSA) is 84.6 Å². The number of hydrazone groups is 1. The van der Waals surface area contributed by atoms with Crippen LogP contribution in [0.1, 0.15) is 22.8 Å². The van der Waals surface area contributed by atoms with E-state index in [-0.39, 0.29) is 16.3 Å². The van der Waals surface area contributed by atoms with E-state index in [1.807, 2.05) is 54.6 Å². The molecule has 0 heterocycles. The molecule has 0 bridgehead atoms. The van der Waals surface area contributed by atoms with Gasteiger partial charge in [-0.15, -0.1) is 0 Å². The van der Waals surface area contributed by atoms with Crippen molar-refractivity contribution in [3.05, 3.63) is 99.1 Å². The maximum Gasteiger partial charge on any atom is 0.288 e. The molecule has 3 aromatic rings. The number of nitro groups is 1. The van der Waals surface area contributed by atoms with Gasteiger partial charge in [0.25, 0.3) is 11.6 Å². The van der Waals surface area contributed by atoms with Gasteiger partial charge in [-0.3, -0.25) is 14.9 Å². The quantitative estimate of drug-likeness (QED) is 0.373. The molecular formula is C21H16ClN3O3. The van der Waals surface area contributed by atoms with Gasteiger partial charge in [0.1, 0.15) is 5.02 Å². The Morgan fingerprint density at radius 1 is 0.964 bits per heavy atom. The van der Waals surface area contributed by atoms with E-state index in [0.29, 0.717) is 5.71 Å². The average Bonchev–Trinajstić information content (AvgIpc) is 2.72. The minimum absolute atomic E-state index is 0.0280. The molecule has 0 aromatic heterocycles. The molecule has 28 heavy (non-hydrogen) atoms. The molecular weight excluding hydrogens is 378 g/mol. The first kappa shape index (κ1) is 19.3. The summed E-state index contributed by atoms with van der Waals surface area (Å²) in [6.45, 7) is 1.77. The van der Waals surface area contributed by atoms with Crippen LogP contribution in [0.5, 0.6) is 0 Å². The number of hydrogen-bond donors (Lipinski definition) is 1. The van der Waals surface area contributed by atoms with Crippen LogP contribution in [0.25, 0.3) is 11.1 Å². The molecule has 0 saturated heterocycles. The Labute approximate surface area is 166 Å². The maximum atomic E-state index is 12.2. The molecule has 0 spiro atoms. The second kappa shape index (κ2) is 8.45. The summed E-state index contributed by atoms with van der Waals surface area (Å²) in [6, 6.07) is 21.6. The van der Waals surface area contributed by atoms with Crippen LogP contribution >= 0.6 is 11.6 Å². The number of hydrogen-bond acceptors (Lipinski definition) is 4. The highest BCUT2D eigenvalue weighted by molar-refractivity contribution is 6.32. The molecule has 3 rings (SSSR count). The summed E-state index contributed by atoms with van der Waals surface area (Å²) in [5.74, 6) is -0.556. The number of amides is 1. The van der Waals surface area contributed by atoms with Gasteiger partial charge in [0.15, 0.2) is 0 Å². The Morgan fingerprint density at radius 3 is 2.21 bits per heavy atom. The van der Waals surface area contributed by atoms with Crippen LogP contribution in [-0.2, 0) is 0 Å². The number of carbonyl (C=O) groups excluding carboxylic acids is 1. The highest BCUT2D eigenvalue weighted by atomic mass is 35.5. The van der Waals surface area contributed by atoms with E-state index in [1.54, 1.807) is 6.92 Å². The van der Waals surface area contributed by atoms with Crippen LogP contribution in [0.15, 0.2) is 77.9 Å². The standard InChI is InChI=1S/C21H16ClN3O3/c1-14(15-7-9-17(10-8-15)16-5-3-2-4-6-16)23-24-21(26)18-11-12-19(22)20(13-18)25(27)28/h2-13H,1H3,(H,24,26). The number of nitrogens with one attached hydrogen (secondary N) is 1. The molecule has 1 N–H and O–H groups in total. The monoisotopic (exact) mass is 393 g/mol. The molecule has 1 amide bonds. The van der Waals surface area contributed by atoms with Crippen molar-refractivity contribution in [2.75, 3.05) is 0 Å². The number of nitro benzene ring substituents is 1. The lowest BCUT2D eigenvalue weighted by Gasteiger charge is -2.06. The molecule has 0 aliphatic heterocycles. The largest absolute Gasteiger partial charge is 0.288 e. The van der Waals surface area contributed by atoms with E-state index >= 15 is 0 Å². The number of nitrogens with zero attached hydrogens (tertiary/aromatic N) is 2. The number of carbonyl (C=O) groups is 1. The van der Waals surface area contributed by atoms with Crippen LogP contribution in [-0.4, -0.2) is 16.5 Å². The van der Waals surface area contributed by atoms with Crippen molar-refractivity contribution >= 4 is 28.9 Å². The average molecular weight is 394 g/mol. The second-order valence-corrected chi connectivity index (χ2v) is 6.41. The van der Waals surface area contributed by atoms with Gasteiger partial charge in [0.05, 0.1) is 10.6 Å². The van der Waals surface area contributed by atoms with Gasteiger partial charge in [-0.25, -0.2) is 5.43 Å². The van der Waals surface area contributed by atoms with Crippen LogP contribution in [0.2, 0.25) is 5.02 Å². The summed E-state index contributed by atoms with van der Waals surface area (Å²) in [5, 5.41) is 15.0. The molecule has 7 heteroatoms. The number of benzene rings is 3. The Kier molecular flexibility index (Phi) is 5.81. The lowest BCUT2D eigenvalue weighted by molar-refractivity contribution is -0.384. The molecule has 0 fully saturated rings. The molecule has 3 aromatic carbocycles. The second-order valence-electron chi connectivity index (χ2n) is 6.00. The van der Waals surface area contributed by atoms with Crippen LogP contribution < -0.4 is 5.43 Å². The number of halogens is 1. The van der Waals surface area contributed by atoms with Gasteiger partial charge < -0.3 is 0 Å². The summed E-state index contributed by atoms with van der Waals surface area (Å²) in [5.41, 5.74) is 5.84. The minimum Gasteiger partial charge on any atom is -0.267 e. The minimum atomic E-state index is -0.637. The van der Waals surface area contributed by atoms with Crippen molar-refractivity contribution in [2.24, 2.45) is 5.10 Å². The first-order valence-corrected chi connectivity index (χ1v) is 8.78.